The van der Waals surface area contributed by atoms with Gasteiger partial charge >= 0.3 is 19.9 Å². The molecule has 1 aliphatic rings. The Morgan fingerprint density at radius 2 is 1.52 bits per heavy atom. The molecule has 0 aromatic heterocycles. The number of ether oxygens (including phenoxy) is 1. The summed E-state index contributed by atoms with van der Waals surface area (Å²) in [6, 6.07) is 0. The maximum absolute atomic E-state index is 12.3. The molecule has 1 fully saturated rings. The van der Waals surface area contributed by atoms with Gasteiger partial charge in [0.25, 0.3) is 0 Å². The molecule has 1 aliphatic carbocycles. The molecule has 16 heteroatoms. The van der Waals surface area contributed by atoms with E-state index < -0.39 is 68.6 Å². The highest BCUT2D eigenvalue weighted by atomic mass is 31.2. The van der Waals surface area contributed by atoms with Gasteiger partial charge in [-0.3, -0.25) is 14.1 Å². The molecule has 0 aromatic carbocycles. The number of carbonyl (C=O) groups excluding carboxylic acids is 2. The number of hydrogen-bond acceptors (Lipinski definition) is 10. The van der Waals surface area contributed by atoms with E-state index in [1.165, 1.54) is 0 Å². The molecule has 0 bridgehead atoms. The van der Waals surface area contributed by atoms with E-state index in [0.717, 1.165) is 0 Å². The van der Waals surface area contributed by atoms with E-state index in [2.05, 4.69) is 15.2 Å². The van der Waals surface area contributed by atoms with Crippen molar-refractivity contribution in [1.82, 2.24) is 10.6 Å². The molecule has 9 N–H and O–H groups in total. The molecule has 0 radical (unpaired) electrons. The number of hydrogen-bond donors (Lipinski definition) is 9. The van der Waals surface area contributed by atoms with Crippen LogP contribution in [0.2, 0.25) is 0 Å². The van der Waals surface area contributed by atoms with Gasteiger partial charge in [-0.1, -0.05) is 13.3 Å². The Labute approximate surface area is 188 Å². The molecule has 1 saturated carbocycles. The first-order valence-corrected chi connectivity index (χ1v) is 11.7. The highest BCUT2D eigenvalue weighted by Crippen LogP contribution is 2.41. The lowest BCUT2D eigenvalue weighted by Crippen LogP contribution is -2.65. The molecule has 0 heterocycles. The Bertz CT molecular complexity index is 717. The number of phosphoric acid groups is 1. The van der Waals surface area contributed by atoms with Crippen LogP contribution in [-0.4, -0.2) is 96.1 Å². The summed E-state index contributed by atoms with van der Waals surface area (Å²) in [6.45, 7) is 1.85. The number of alkyl carbamates (subject to hydrolysis) is 1. The molecule has 15 nitrogen and oxygen atoms in total. The summed E-state index contributed by atoms with van der Waals surface area (Å²) in [7, 11) is -5.24. The summed E-state index contributed by atoms with van der Waals surface area (Å²) in [5.74, 6) is -1.60. The van der Waals surface area contributed by atoms with Gasteiger partial charge in [0.05, 0.1) is 0 Å². The molecule has 0 aliphatic heterocycles. The van der Waals surface area contributed by atoms with Crippen molar-refractivity contribution in [1.29, 1.82) is 0 Å². The molecule has 0 spiro atoms. The average Bonchev–Trinajstić information content (AvgIpc) is 2.70. The number of nitrogens with one attached hydrogen (secondary N) is 2. The van der Waals surface area contributed by atoms with Crippen LogP contribution in [0.4, 0.5) is 4.79 Å². The zero-order valence-electron chi connectivity index (χ0n) is 17.8. The summed E-state index contributed by atoms with van der Waals surface area (Å²) in [6.07, 6.45) is -13.3. The number of aliphatic hydroxyl groups is 4. The fourth-order valence-electron chi connectivity index (χ4n) is 3.16. The number of carboxylic acids is 1. The molecule has 7 atom stereocenters. The average molecular weight is 502 g/mol. The van der Waals surface area contributed by atoms with Crippen LogP contribution in [0.25, 0.3) is 0 Å². The standard InChI is InChI=1S/C17H31N2O13P/c1-2-3-5-8(18-9(20)6-4-7-10(21)22)19-17(27)31-15-12(24)11(23)13(25)16(14(15)26)32-33(28,29)30/h8,11-16,23-26H,2-7H2,1H3,(H,18,20)(H,19,27)(H,21,22)(H2,28,29,30)/t8?,11-,12-,13+,14+,15+,16-/m1/s1. The maximum atomic E-state index is 12.3. The molecule has 1 unspecified atom stereocenters. The lowest BCUT2D eigenvalue weighted by atomic mass is 9.85. The summed E-state index contributed by atoms with van der Waals surface area (Å²) in [5, 5.41) is 53.5. The van der Waals surface area contributed by atoms with E-state index in [9.17, 15) is 39.4 Å². The minimum atomic E-state index is -5.24. The Morgan fingerprint density at radius 3 is 2.06 bits per heavy atom. The highest BCUT2D eigenvalue weighted by molar-refractivity contribution is 7.46. The second kappa shape index (κ2) is 13.2. The highest BCUT2D eigenvalue weighted by Gasteiger charge is 2.53. The van der Waals surface area contributed by atoms with Gasteiger partial charge in [-0.05, 0) is 19.3 Å². The first-order chi connectivity index (χ1) is 15.3. The van der Waals surface area contributed by atoms with E-state index in [0.29, 0.717) is 12.8 Å². The fraction of sp³-hybridized carbons (Fsp3) is 0.824. The molecule has 0 saturated heterocycles. The minimum Gasteiger partial charge on any atom is -0.481 e. The third-order valence-electron chi connectivity index (χ3n) is 4.82. The monoisotopic (exact) mass is 502 g/mol. The Balaban J connectivity index is 2.81. The number of unbranched alkanes of at least 4 members (excludes halogenated alkanes) is 1. The summed E-state index contributed by atoms with van der Waals surface area (Å²) in [4.78, 5) is 52.7. The minimum absolute atomic E-state index is 0.0771. The fourth-order valence-corrected chi connectivity index (χ4v) is 3.73. The van der Waals surface area contributed by atoms with Crippen LogP contribution >= 0.6 is 7.82 Å². The van der Waals surface area contributed by atoms with Crippen LogP contribution in [0.5, 0.6) is 0 Å². The summed E-state index contributed by atoms with van der Waals surface area (Å²) in [5.41, 5.74) is 0. The summed E-state index contributed by atoms with van der Waals surface area (Å²) >= 11 is 0. The lowest BCUT2D eigenvalue weighted by Gasteiger charge is -2.42. The molecule has 2 amide bonds. The van der Waals surface area contributed by atoms with E-state index in [4.69, 9.17) is 19.6 Å². The maximum Gasteiger partial charge on any atom is 0.470 e. The van der Waals surface area contributed by atoms with Gasteiger partial charge in [0.15, 0.2) is 6.10 Å². The van der Waals surface area contributed by atoms with E-state index >= 15 is 0 Å². The SMILES string of the molecule is CCCCC(NC(=O)CCCC(=O)O)NC(=O)O[C@@H]1[C@H](O)[C@H](OP(=O)(O)O)[C@@H](O)[C@H](O)[C@H]1O. The molecule has 1 rings (SSSR count). The topological polar surface area (TPSA) is 252 Å². The van der Waals surface area contributed by atoms with Crippen LogP contribution in [0.15, 0.2) is 0 Å². The number of amides is 2. The second-order valence-electron chi connectivity index (χ2n) is 7.55. The first-order valence-electron chi connectivity index (χ1n) is 10.2. The largest absolute Gasteiger partial charge is 0.481 e. The van der Waals surface area contributed by atoms with Crippen molar-refractivity contribution < 1.29 is 63.5 Å². The lowest BCUT2D eigenvalue weighted by molar-refractivity contribution is -0.219. The van der Waals surface area contributed by atoms with Crippen LogP contribution in [0, 0.1) is 0 Å². The number of rotatable bonds is 12. The van der Waals surface area contributed by atoms with Crippen molar-refractivity contribution in [2.75, 3.05) is 0 Å². The quantitative estimate of drug-likeness (QED) is 0.103. The van der Waals surface area contributed by atoms with Gasteiger partial charge in [0, 0.05) is 12.8 Å². The molecule has 192 valence electrons. The second-order valence-corrected chi connectivity index (χ2v) is 8.74. The van der Waals surface area contributed by atoms with Gasteiger partial charge in [0.2, 0.25) is 5.91 Å². The number of carbonyl (C=O) groups is 3. The molecular formula is C17H31N2O13P. The number of carboxylic acid groups (broad SMARTS) is 1. The third kappa shape index (κ3) is 9.90. The third-order valence-corrected chi connectivity index (χ3v) is 5.33. The van der Waals surface area contributed by atoms with Crippen molar-refractivity contribution in [2.45, 2.75) is 88.2 Å². The van der Waals surface area contributed by atoms with Crippen molar-refractivity contribution in [3.63, 3.8) is 0 Å². The Hall–Kier alpha value is -1.84. The Morgan fingerprint density at radius 1 is 0.909 bits per heavy atom. The number of aliphatic carboxylic acids is 1. The van der Waals surface area contributed by atoms with E-state index in [-0.39, 0.29) is 25.7 Å². The molecule has 33 heavy (non-hydrogen) atoms. The van der Waals surface area contributed by atoms with Crippen molar-refractivity contribution in [2.24, 2.45) is 0 Å². The van der Waals surface area contributed by atoms with E-state index in [1.807, 2.05) is 6.92 Å². The first kappa shape index (κ1) is 29.2. The van der Waals surface area contributed by atoms with Gasteiger partial charge in [-0.2, -0.15) is 0 Å². The van der Waals surface area contributed by atoms with Crippen LogP contribution in [0.3, 0.4) is 0 Å². The van der Waals surface area contributed by atoms with E-state index in [1.54, 1.807) is 0 Å². The van der Waals surface area contributed by atoms with Gasteiger partial charge in [-0.15, -0.1) is 0 Å². The molecular weight excluding hydrogens is 471 g/mol. The number of phosphoric ester groups is 1. The van der Waals surface area contributed by atoms with Gasteiger partial charge in [-0.25, -0.2) is 9.36 Å². The van der Waals surface area contributed by atoms with Crippen LogP contribution in [-0.2, 0) is 23.4 Å². The Kier molecular flexibility index (Phi) is 11.6. The van der Waals surface area contributed by atoms with Crippen LogP contribution < -0.4 is 10.6 Å². The van der Waals surface area contributed by atoms with Crippen molar-refractivity contribution in [3.8, 4) is 0 Å². The smallest absolute Gasteiger partial charge is 0.470 e. The van der Waals surface area contributed by atoms with Gasteiger partial charge in [0.1, 0.15) is 36.7 Å². The summed E-state index contributed by atoms with van der Waals surface area (Å²) < 4.78 is 20.2. The van der Waals surface area contributed by atoms with Crippen molar-refractivity contribution >= 4 is 25.8 Å². The van der Waals surface area contributed by atoms with Crippen molar-refractivity contribution in [3.05, 3.63) is 0 Å². The normalized spacial score (nSPS) is 28.6. The van der Waals surface area contributed by atoms with Crippen LogP contribution in [0.1, 0.15) is 45.4 Å². The van der Waals surface area contributed by atoms with Gasteiger partial charge < -0.3 is 50.7 Å². The number of aliphatic hydroxyl groups excluding tert-OH is 4. The zero-order chi connectivity index (χ0) is 25.3. The molecule has 0 aromatic rings. The predicted octanol–water partition coefficient (Wildman–Crippen LogP) is -2.10. The predicted molar refractivity (Wildman–Crippen MR) is 107 cm³/mol. The zero-order valence-corrected chi connectivity index (χ0v) is 18.7.